The van der Waals surface area contributed by atoms with Crippen molar-refractivity contribution in [1.82, 2.24) is 20.2 Å². The zero-order valence-electron chi connectivity index (χ0n) is 11.9. The summed E-state index contributed by atoms with van der Waals surface area (Å²) < 4.78 is 7.24. The third-order valence-electron chi connectivity index (χ3n) is 3.12. The first-order valence-electron chi connectivity index (χ1n) is 6.61. The molecule has 2 heterocycles. The highest BCUT2D eigenvalue weighted by atomic mass is 16.4. The fourth-order valence-electron chi connectivity index (χ4n) is 1.99. The lowest BCUT2D eigenvalue weighted by Gasteiger charge is -2.02. The first-order valence-corrected chi connectivity index (χ1v) is 6.61. The molecule has 7 nitrogen and oxygen atoms in total. The molecule has 0 bridgehead atoms. The summed E-state index contributed by atoms with van der Waals surface area (Å²) in [5, 5.41) is 4.45. The number of carbonyl (C=O) groups is 1. The number of hydrogen-bond acceptors (Lipinski definition) is 5. The Morgan fingerprint density at radius 2 is 2.20 bits per heavy atom. The van der Waals surface area contributed by atoms with E-state index in [2.05, 4.69) is 15.5 Å². The van der Waals surface area contributed by atoms with Crippen molar-refractivity contribution in [2.45, 2.75) is 40.2 Å². The van der Waals surface area contributed by atoms with Crippen molar-refractivity contribution in [2.24, 2.45) is 5.84 Å². The van der Waals surface area contributed by atoms with Gasteiger partial charge in [-0.1, -0.05) is 13.8 Å². The molecular weight excluding hydrogens is 258 g/mol. The first kappa shape index (κ1) is 14.3. The van der Waals surface area contributed by atoms with Crippen LogP contribution in [0, 0.1) is 6.92 Å². The van der Waals surface area contributed by atoms with Gasteiger partial charge in [-0.2, -0.15) is 5.10 Å². The minimum Gasteiger partial charge on any atom is -0.456 e. The van der Waals surface area contributed by atoms with E-state index in [9.17, 15) is 4.79 Å². The molecule has 0 fully saturated rings. The van der Waals surface area contributed by atoms with Gasteiger partial charge in [0.15, 0.2) is 11.6 Å². The maximum absolute atomic E-state index is 11.4. The second-order valence-corrected chi connectivity index (χ2v) is 4.47. The molecule has 0 aromatic carbocycles. The van der Waals surface area contributed by atoms with E-state index >= 15 is 0 Å². The number of rotatable bonds is 5. The molecule has 0 spiro atoms. The predicted molar refractivity (Wildman–Crippen MR) is 73.0 cm³/mol. The van der Waals surface area contributed by atoms with Crippen LogP contribution >= 0.6 is 0 Å². The standard InChI is InChI=1S/C13H19N5O2/c1-4-11-15-12(5-2)18(17-11)7-9-6-10(13(19)16-14)20-8(9)3/h6H,4-5,7,14H2,1-3H3,(H,16,19). The molecular formula is C13H19N5O2. The summed E-state index contributed by atoms with van der Waals surface area (Å²) >= 11 is 0. The van der Waals surface area contributed by atoms with E-state index in [-0.39, 0.29) is 5.76 Å². The van der Waals surface area contributed by atoms with Crippen LogP contribution in [0.1, 0.15) is 47.4 Å². The number of aromatic nitrogens is 3. The van der Waals surface area contributed by atoms with Crippen molar-refractivity contribution in [3.63, 3.8) is 0 Å². The molecule has 0 aliphatic carbocycles. The molecule has 20 heavy (non-hydrogen) atoms. The number of amides is 1. The zero-order chi connectivity index (χ0) is 14.7. The molecule has 0 saturated heterocycles. The van der Waals surface area contributed by atoms with E-state index in [1.165, 1.54) is 0 Å². The van der Waals surface area contributed by atoms with Crippen LogP contribution in [0.4, 0.5) is 0 Å². The summed E-state index contributed by atoms with van der Waals surface area (Å²) in [6.45, 7) is 6.40. The summed E-state index contributed by atoms with van der Waals surface area (Å²) in [5.74, 6) is 7.28. The van der Waals surface area contributed by atoms with Gasteiger partial charge in [0.25, 0.3) is 0 Å². The molecule has 2 aromatic rings. The molecule has 3 N–H and O–H groups in total. The number of aryl methyl sites for hydroxylation is 3. The van der Waals surface area contributed by atoms with Crippen molar-refractivity contribution < 1.29 is 9.21 Å². The van der Waals surface area contributed by atoms with Gasteiger partial charge < -0.3 is 4.42 Å². The van der Waals surface area contributed by atoms with Crippen LogP contribution in [0.25, 0.3) is 0 Å². The van der Waals surface area contributed by atoms with E-state index in [0.717, 1.165) is 30.1 Å². The van der Waals surface area contributed by atoms with Gasteiger partial charge in [0, 0.05) is 18.4 Å². The number of carbonyl (C=O) groups excluding carboxylic acids is 1. The maximum Gasteiger partial charge on any atom is 0.300 e. The topological polar surface area (TPSA) is 99.0 Å². The van der Waals surface area contributed by atoms with Crippen LogP contribution in [0.15, 0.2) is 10.5 Å². The molecule has 0 aliphatic rings. The summed E-state index contributed by atoms with van der Waals surface area (Å²) in [5.41, 5.74) is 2.95. The largest absolute Gasteiger partial charge is 0.456 e. The minimum absolute atomic E-state index is 0.203. The lowest BCUT2D eigenvalue weighted by molar-refractivity contribution is 0.0924. The number of hydrogen-bond donors (Lipinski definition) is 2. The highest BCUT2D eigenvalue weighted by Crippen LogP contribution is 2.16. The monoisotopic (exact) mass is 277 g/mol. The van der Waals surface area contributed by atoms with Crippen molar-refractivity contribution in [1.29, 1.82) is 0 Å². The number of hydrazine groups is 1. The van der Waals surface area contributed by atoms with Crippen molar-refractivity contribution in [2.75, 3.05) is 0 Å². The van der Waals surface area contributed by atoms with Crippen LogP contribution in [-0.2, 0) is 19.4 Å². The quantitative estimate of drug-likeness (QED) is 0.481. The SMILES string of the molecule is CCc1nc(CC)n(Cc2cc(C(=O)NN)oc2C)n1. The first-order chi connectivity index (χ1) is 9.58. The second kappa shape index (κ2) is 5.87. The second-order valence-electron chi connectivity index (χ2n) is 4.47. The highest BCUT2D eigenvalue weighted by molar-refractivity contribution is 5.91. The molecule has 1 amide bonds. The summed E-state index contributed by atoms with van der Waals surface area (Å²) in [6.07, 6.45) is 1.60. The Balaban J connectivity index is 2.27. The van der Waals surface area contributed by atoms with Crippen molar-refractivity contribution >= 4 is 5.91 Å². The van der Waals surface area contributed by atoms with Crippen LogP contribution < -0.4 is 11.3 Å². The minimum atomic E-state index is -0.442. The van der Waals surface area contributed by atoms with E-state index in [1.54, 1.807) is 6.07 Å². The van der Waals surface area contributed by atoms with Crippen LogP contribution in [-0.4, -0.2) is 20.7 Å². The summed E-state index contributed by atoms with van der Waals surface area (Å²) in [6, 6.07) is 1.68. The third kappa shape index (κ3) is 2.72. The fourth-order valence-corrected chi connectivity index (χ4v) is 1.99. The highest BCUT2D eigenvalue weighted by Gasteiger charge is 2.15. The molecule has 0 unspecified atom stereocenters. The average Bonchev–Trinajstić information content (AvgIpc) is 3.02. The Morgan fingerprint density at radius 3 is 2.80 bits per heavy atom. The number of furan rings is 1. The van der Waals surface area contributed by atoms with Crippen LogP contribution in [0.2, 0.25) is 0 Å². The van der Waals surface area contributed by atoms with Crippen molar-refractivity contribution in [3.05, 3.63) is 34.8 Å². The van der Waals surface area contributed by atoms with Gasteiger partial charge in [-0.3, -0.25) is 10.2 Å². The van der Waals surface area contributed by atoms with Gasteiger partial charge in [-0.05, 0) is 13.0 Å². The molecule has 2 rings (SSSR count). The number of nitrogens with two attached hydrogens (primary N) is 1. The maximum atomic E-state index is 11.4. The van der Waals surface area contributed by atoms with E-state index in [0.29, 0.717) is 12.3 Å². The van der Waals surface area contributed by atoms with E-state index in [4.69, 9.17) is 10.3 Å². The summed E-state index contributed by atoms with van der Waals surface area (Å²) in [7, 11) is 0. The number of nitrogens with zero attached hydrogens (tertiary/aromatic N) is 3. The molecule has 0 atom stereocenters. The predicted octanol–water partition coefficient (Wildman–Crippen LogP) is 0.956. The van der Waals surface area contributed by atoms with Gasteiger partial charge >= 0.3 is 5.91 Å². The van der Waals surface area contributed by atoms with Crippen LogP contribution in [0.3, 0.4) is 0 Å². The Bertz CT molecular complexity index is 614. The molecule has 0 aliphatic heterocycles. The lowest BCUT2D eigenvalue weighted by Crippen LogP contribution is -2.29. The molecule has 7 heteroatoms. The molecule has 108 valence electrons. The van der Waals surface area contributed by atoms with Gasteiger partial charge in [0.1, 0.15) is 11.6 Å². The smallest absolute Gasteiger partial charge is 0.300 e. The Hall–Kier alpha value is -2.15. The number of nitrogen functional groups attached to an aromatic ring is 1. The molecule has 0 radical (unpaired) electrons. The van der Waals surface area contributed by atoms with Crippen molar-refractivity contribution in [3.8, 4) is 0 Å². The van der Waals surface area contributed by atoms with Gasteiger partial charge in [0.05, 0.1) is 6.54 Å². The Morgan fingerprint density at radius 1 is 1.45 bits per heavy atom. The Labute approximate surface area is 117 Å². The third-order valence-corrected chi connectivity index (χ3v) is 3.12. The summed E-state index contributed by atoms with van der Waals surface area (Å²) in [4.78, 5) is 15.9. The average molecular weight is 277 g/mol. The Kier molecular flexibility index (Phi) is 4.19. The van der Waals surface area contributed by atoms with Crippen LogP contribution in [0.5, 0.6) is 0 Å². The van der Waals surface area contributed by atoms with E-state index < -0.39 is 5.91 Å². The molecule has 2 aromatic heterocycles. The van der Waals surface area contributed by atoms with Gasteiger partial charge in [-0.15, -0.1) is 0 Å². The number of nitrogens with one attached hydrogen (secondary N) is 1. The molecule has 0 saturated carbocycles. The van der Waals surface area contributed by atoms with Gasteiger partial charge in [-0.25, -0.2) is 15.5 Å². The van der Waals surface area contributed by atoms with E-state index in [1.807, 2.05) is 25.5 Å². The van der Waals surface area contributed by atoms with Gasteiger partial charge in [0.2, 0.25) is 0 Å². The normalized spacial score (nSPS) is 10.8. The fraction of sp³-hybridized carbons (Fsp3) is 0.462. The zero-order valence-corrected chi connectivity index (χ0v) is 11.9. The lowest BCUT2D eigenvalue weighted by atomic mass is 10.2.